The van der Waals surface area contributed by atoms with E-state index in [1.165, 1.54) is 6.07 Å². The van der Waals surface area contributed by atoms with Crippen molar-refractivity contribution in [2.75, 3.05) is 0 Å². The van der Waals surface area contributed by atoms with E-state index in [1.54, 1.807) is 12.3 Å². The molecule has 0 saturated heterocycles. The number of carbonyl (C=O) groups is 1. The van der Waals surface area contributed by atoms with Gasteiger partial charge in [-0.25, -0.2) is 0 Å². The molecule has 0 unspecified atom stereocenters. The maximum Gasteiger partial charge on any atom is 0.433 e. The highest BCUT2D eigenvalue weighted by molar-refractivity contribution is 5.95. The van der Waals surface area contributed by atoms with Crippen LogP contribution in [0, 0.1) is 17.0 Å². The van der Waals surface area contributed by atoms with E-state index in [4.69, 9.17) is 4.42 Å². The molecule has 0 aromatic carbocycles. The van der Waals surface area contributed by atoms with Gasteiger partial charge in [-0.2, -0.15) is 0 Å². The molecule has 92 valence electrons. The van der Waals surface area contributed by atoms with Crippen LogP contribution in [0.2, 0.25) is 0 Å². The Hall–Kier alpha value is -2.50. The van der Waals surface area contributed by atoms with Crippen molar-refractivity contribution >= 4 is 11.7 Å². The fraction of sp³-hybridized carbons (Fsp3) is 0.167. The molecule has 0 bridgehead atoms. The second kappa shape index (κ2) is 4.79. The normalized spacial score (nSPS) is 10.3. The van der Waals surface area contributed by atoms with Gasteiger partial charge in [0, 0.05) is 11.9 Å². The van der Waals surface area contributed by atoms with Gasteiger partial charge >= 0.3 is 5.88 Å². The van der Waals surface area contributed by atoms with E-state index >= 15 is 0 Å². The topological polar surface area (TPSA) is 86.2 Å². The number of Topliss-reactive ketones (excluding diaryl/α,β-unsaturated/α-hetero) is 1. The summed E-state index contributed by atoms with van der Waals surface area (Å²) in [6.45, 7) is 1.90. The molecule has 0 aliphatic heterocycles. The summed E-state index contributed by atoms with van der Waals surface area (Å²) < 4.78 is 4.83. The molecule has 0 fully saturated rings. The number of hydrogen-bond donors (Lipinski definition) is 0. The summed E-state index contributed by atoms with van der Waals surface area (Å²) in [4.78, 5) is 25.6. The number of carbonyl (C=O) groups excluding carboxylic acids is 1. The van der Waals surface area contributed by atoms with Crippen molar-refractivity contribution < 1.29 is 14.1 Å². The minimum Gasteiger partial charge on any atom is -0.397 e. The second-order valence-electron chi connectivity index (χ2n) is 3.82. The van der Waals surface area contributed by atoms with E-state index in [2.05, 4.69) is 4.98 Å². The van der Waals surface area contributed by atoms with Crippen LogP contribution in [0.15, 0.2) is 34.9 Å². The smallest absolute Gasteiger partial charge is 0.397 e. The number of nitrogens with zero attached hydrogens (tertiary/aromatic N) is 2. The van der Waals surface area contributed by atoms with Gasteiger partial charge in [0.1, 0.15) is 4.92 Å². The van der Waals surface area contributed by atoms with E-state index in [0.717, 1.165) is 11.6 Å². The lowest BCUT2D eigenvalue weighted by molar-refractivity contribution is -0.402. The molecule has 6 nitrogen and oxygen atoms in total. The Morgan fingerprint density at radius 1 is 1.39 bits per heavy atom. The Kier molecular flexibility index (Phi) is 3.18. The molecule has 2 aromatic heterocycles. The van der Waals surface area contributed by atoms with Crippen LogP contribution in [0.4, 0.5) is 5.88 Å². The van der Waals surface area contributed by atoms with Crippen LogP contribution in [0.5, 0.6) is 0 Å². The molecular formula is C12H10N2O4. The first-order valence-corrected chi connectivity index (χ1v) is 5.25. The zero-order chi connectivity index (χ0) is 13.1. The summed E-state index contributed by atoms with van der Waals surface area (Å²) in [6, 6.07) is 6.05. The molecule has 0 N–H and O–H groups in total. The molecule has 0 spiro atoms. The quantitative estimate of drug-likeness (QED) is 0.469. The minimum atomic E-state index is -0.680. The summed E-state index contributed by atoms with van der Waals surface area (Å²) in [5.74, 6) is -0.793. The maximum absolute atomic E-state index is 11.8. The van der Waals surface area contributed by atoms with Crippen molar-refractivity contribution in [2.24, 2.45) is 0 Å². The molecule has 0 aliphatic rings. The third-order valence-electron chi connectivity index (χ3n) is 2.36. The van der Waals surface area contributed by atoms with Crippen LogP contribution in [-0.4, -0.2) is 15.7 Å². The molecule has 0 aliphatic carbocycles. The zero-order valence-corrected chi connectivity index (χ0v) is 9.62. The Labute approximate surface area is 102 Å². The van der Waals surface area contributed by atoms with E-state index in [1.807, 2.05) is 13.0 Å². The van der Waals surface area contributed by atoms with Crippen LogP contribution in [0.3, 0.4) is 0 Å². The first-order chi connectivity index (χ1) is 8.56. The number of ketones is 1. The fourth-order valence-corrected chi connectivity index (χ4v) is 1.43. The lowest BCUT2D eigenvalue weighted by Gasteiger charge is -1.98. The van der Waals surface area contributed by atoms with Crippen molar-refractivity contribution in [3.63, 3.8) is 0 Å². The average molecular weight is 246 g/mol. The number of pyridine rings is 1. The molecule has 18 heavy (non-hydrogen) atoms. The molecule has 2 rings (SSSR count). The predicted octanol–water partition coefficient (Wildman–Crippen LogP) is 2.32. The zero-order valence-electron chi connectivity index (χ0n) is 9.62. The molecule has 2 aromatic rings. The Balaban J connectivity index is 2.11. The Morgan fingerprint density at radius 2 is 2.17 bits per heavy atom. The lowest BCUT2D eigenvalue weighted by atomic mass is 10.1. The molecule has 0 saturated carbocycles. The van der Waals surface area contributed by atoms with Crippen LogP contribution >= 0.6 is 0 Å². The number of furan rings is 1. The van der Waals surface area contributed by atoms with Crippen molar-refractivity contribution in [2.45, 2.75) is 13.3 Å². The highest BCUT2D eigenvalue weighted by Crippen LogP contribution is 2.17. The highest BCUT2D eigenvalue weighted by Gasteiger charge is 2.17. The van der Waals surface area contributed by atoms with Gasteiger partial charge in [-0.3, -0.25) is 19.9 Å². The fourth-order valence-electron chi connectivity index (χ4n) is 1.43. The van der Waals surface area contributed by atoms with Crippen LogP contribution < -0.4 is 0 Å². The first kappa shape index (κ1) is 12.0. The minimum absolute atomic E-state index is 0.0240. The molecule has 6 heteroatoms. The number of nitro groups is 1. The van der Waals surface area contributed by atoms with Crippen molar-refractivity contribution in [3.05, 3.63) is 57.6 Å². The van der Waals surface area contributed by atoms with Gasteiger partial charge in [0.2, 0.25) is 5.78 Å². The molecule has 0 atom stereocenters. The van der Waals surface area contributed by atoms with E-state index in [0.29, 0.717) is 5.69 Å². The number of aryl methyl sites for hydroxylation is 1. The highest BCUT2D eigenvalue weighted by atomic mass is 16.6. The van der Waals surface area contributed by atoms with Crippen molar-refractivity contribution in [1.82, 2.24) is 4.98 Å². The standard InChI is InChI=1S/C12H10N2O4/c1-8-2-3-9(13-7-8)6-10(15)11-4-5-12(18-11)14(16)17/h2-5,7H,6H2,1H3. The summed E-state index contributed by atoms with van der Waals surface area (Å²) in [6.07, 6.45) is 1.72. The Bertz CT molecular complexity index is 586. The van der Waals surface area contributed by atoms with E-state index in [-0.39, 0.29) is 18.0 Å². The van der Waals surface area contributed by atoms with Gasteiger partial charge in [0.05, 0.1) is 12.5 Å². The SMILES string of the molecule is Cc1ccc(CC(=O)c2ccc([N+](=O)[O-])o2)nc1. The van der Waals surface area contributed by atoms with Crippen LogP contribution in [0.1, 0.15) is 21.8 Å². The summed E-state index contributed by atoms with van der Waals surface area (Å²) in [7, 11) is 0. The van der Waals surface area contributed by atoms with Crippen molar-refractivity contribution in [3.8, 4) is 0 Å². The van der Waals surface area contributed by atoms with E-state index in [9.17, 15) is 14.9 Å². The second-order valence-corrected chi connectivity index (χ2v) is 3.82. The molecule has 2 heterocycles. The van der Waals surface area contributed by atoms with Gasteiger partial charge in [-0.05, 0) is 24.6 Å². The largest absolute Gasteiger partial charge is 0.433 e. The average Bonchev–Trinajstić information content (AvgIpc) is 2.81. The van der Waals surface area contributed by atoms with E-state index < -0.39 is 10.8 Å². The Morgan fingerprint density at radius 3 is 2.72 bits per heavy atom. The van der Waals surface area contributed by atoms with Crippen molar-refractivity contribution in [1.29, 1.82) is 0 Å². The molecule has 0 amide bonds. The predicted molar refractivity (Wildman–Crippen MR) is 62.4 cm³/mol. The van der Waals surface area contributed by atoms with Gasteiger partial charge in [0.25, 0.3) is 0 Å². The number of hydrogen-bond acceptors (Lipinski definition) is 5. The van der Waals surface area contributed by atoms with Gasteiger partial charge < -0.3 is 4.42 Å². The summed E-state index contributed by atoms with van der Waals surface area (Å²) in [5.41, 5.74) is 1.60. The third-order valence-corrected chi connectivity index (χ3v) is 2.36. The lowest BCUT2D eigenvalue weighted by Crippen LogP contribution is -2.03. The number of aromatic nitrogens is 1. The first-order valence-electron chi connectivity index (χ1n) is 5.25. The van der Waals surface area contributed by atoms with Gasteiger partial charge in [0.15, 0.2) is 5.76 Å². The maximum atomic E-state index is 11.8. The van der Waals surface area contributed by atoms with Crippen LogP contribution in [-0.2, 0) is 6.42 Å². The third kappa shape index (κ3) is 2.60. The van der Waals surface area contributed by atoms with Gasteiger partial charge in [-0.15, -0.1) is 0 Å². The van der Waals surface area contributed by atoms with Gasteiger partial charge in [-0.1, -0.05) is 6.07 Å². The summed E-state index contributed by atoms with van der Waals surface area (Å²) >= 11 is 0. The monoisotopic (exact) mass is 246 g/mol. The molecular weight excluding hydrogens is 236 g/mol. The number of rotatable bonds is 4. The molecule has 0 radical (unpaired) electrons. The van der Waals surface area contributed by atoms with Crippen LogP contribution in [0.25, 0.3) is 0 Å². The summed E-state index contributed by atoms with van der Waals surface area (Å²) in [5, 5.41) is 10.4.